The monoisotopic (exact) mass is 366 g/mol. The van der Waals surface area contributed by atoms with E-state index in [4.69, 9.17) is 11.6 Å². The number of halogens is 1. The van der Waals surface area contributed by atoms with Gasteiger partial charge in [0.05, 0.1) is 11.3 Å². The first-order valence-corrected chi connectivity index (χ1v) is 8.56. The maximum absolute atomic E-state index is 12.7. The molecule has 0 aliphatic heterocycles. The van der Waals surface area contributed by atoms with Crippen LogP contribution in [0.25, 0.3) is 0 Å². The zero-order valence-corrected chi connectivity index (χ0v) is 15.6. The Morgan fingerprint density at radius 2 is 1.65 bits per heavy atom. The van der Waals surface area contributed by atoms with Gasteiger partial charge in [-0.1, -0.05) is 29.8 Å². The number of carbonyl (C=O) groups excluding carboxylic acids is 1. The number of nitrogens with zero attached hydrogens (tertiary/aromatic N) is 2. The van der Waals surface area contributed by atoms with E-state index in [-0.39, 0.29) is 5.91 Å². The van der Waals surface area contributed by atoms with Crippen molar-refractivity contribution < 1.29 is 4.79 Å². The van der Waals surface area contributed by atoms with Gasteiger partial charge in [0.15, 0.2) is 0 Å². The highest BCUT2D eigenvalue weighted by atomic mass is 35.5. The smallest absolute Gasteiger partial charge is 0.257 e. The molecule has 0 spiro atoms. The van der Waals surface area contributed by atoms with Crippen LogP contribution in [-0.4, -0.2) is 15.9 Å². The van der Waals surface area contributed by atoms with Crippen LogP contribution >= 0.6 is 11.6 Å². The highest BCUT2D eigenvalue weighted by Crippen LogP contribution is 2.23. The number of amides is 1. The number of para-hydroxylation sites is 1. The lowest BCUT2D eigenvalue weighted by molar-refractivity contribution is 0.102. The van der Waals surface area contributed by atoms with Crippen LogP contribution in [0.5, 0.6) is 0 Å². The second-order valence-corrected chi connectivity index (χ2v) is 6.47. The van der Waals surface area contributed by atoms with Crippen LogP contribution in [0.1, 0.15) is 27.3 Å². The SMILES string of the molecule is Cc1cc(C)nc(Nc2ccccc2C(=O)Nc2ccc(C)c(Cl)c2)n1. The molecule has 0 bridgehead atoms. The molecule has 132 valence electrons. The minimum atomic E-state index is -0.239. The molecule has 3 aromatic rings. The first-order chi connectivity index (χ1) is 12.4. The van der Waals surface area contributed by atoms with Crippen LogP contribution < -0.4 is 10.6 Å². The number of aryl methyl sites for hydroxylation is 3. The van der Waals surface area contributed by atoms with E-state index in [0.717, 1.165) is 17.0 Å². The summed E-state index contributed by atoms with van der Waals surface area (Å²) in [4.78, 5) is 21.4. The molecular formula is C20H19ClN4O. The first kappa shape index (κ1) is 17.9. The van der Waals surface area contributed by atoms with Gasteiger partial charge in [-0.3, -0.25) is 4.79 Å². The molecule has 0 aliphatic rings. The normalized spacial score (nSPS) is 10.5. The van der Waals surface area contributed by atoms with E-state index in [2.05, 4.69) is 20.6 Å². The second-order valence-electron chi connectivity index (χ2n) is 6.06. The van der Waals surface area contributed by atoms with Crippen molar-refractivity contribution in [2.45, 2.75) is 20.8 Å². The Bertz CT molecular complexity index is 952. The fraction of sp³-hybridized carbons (Fsp3) is 0.150. The Kier molecular flexibility index (Phi) is 5.19. The molecule has 2 aromatic carbocycles. The molecule has 5 nitrogen and oxygen atoms in total. The molecule has 0 atom stereocenters. The summed E-state index contributed by atoms with van der Waals surface area (Å²) in [5, 5.41) is 6.61. The molecule has 1 aromatic heterocycles. The Morgan fingerprint density at radius 3 is 2.35 bits per heavy atom. The highest BCUT2D eigenvalue weighted by molar-refractivity contribution is 6.31. The molecule has 0 aliphatic carbocycles. The number of aromatic nitrogens is 2. The quantitative estimate of drug-likeness (QED) is 0.678. The molecule has 0 saturated carbocycles. The van der Waals surface area contributed by atoms with E-state index in [9.17, 15) is 4.79 Å². The van der Waals surface area contributed by atoms with Crippen LogP contribution in [0, 0.1) is 20.8 Å². The van der Waals surface area contributed by atoms with Crippen molar-refractivity contribution in [1.29, 1.82) is 0 Å². The molecule has 26 heavy (non-hydrogen) atoms. The van der Waals surface area contributed by atoms with Gasteiger partial charge in [-0.05, 0) is 56.7 Å². The van der Waals surface area contributed by atoms with Crippen molar-refractivity contribution >= 4 is 34.8 Å². The van der Waals surface area contributed by atoms with Gasteiger partial charge in [-0.25, -0.2) is 9.97 Å². The van der Waals surface area contributed by atoms with Crippen LogP contribution in [0.2, 0.25) is 5.02 Å². The average molecular weight is 367 g/mol. The van der Waals surface area contributed by atoms with Crippen molar-refractivity contribution in [1.82, 2.24) is 9.97 Å². The van der Waals surface area contributed by atoms with Gasteiger partial charge in [0.25, 0.3) is 5.91 Å². The third kappa shape index (κ3) is 4.18. The minimum absolute atomic E-state index is 0.239. The van der Waals surface area contributed by atoms with Gasteiger partial charge in [0.1, 0.15) is 0 Å². The Labute approximate surface area is 157 Å². The summed E-state index contributed by atoms with van der Waals surface area (Å²) >= 11 is 6.13. The van der Waals surface area contributed by atoms with Crippen molar-refractivity contribution in [3.8, 4) is 0 Å². The molecule has 0 radical (unpaired) electrons. The molecule has 2 N–H and O–H groups in total. The summed E-state index contributed by atoms with van der Waals surface area (Å²) in [5.74, 6) is 0.221. The first-order valence-electron chi connectivity index (χ1n) is 8.18. The lowest BCUT2D eigenvalue weighted by atomic mass is 10.1. The van der Waals surface area contributed by atoms with Gasteiger partial charge in [-0.15, -0.1) is 0 Å². The maximum atomic E-state index is 12.7. The number of benzene rings is 2. The lowest BCUT2D eigenvalue weighted by Gasteiger charge is -2.12. The molecule has 0 saturated heterocycles. The third-order valence-electron chi connectivity index (χ3n) is 3.83. The number of rotatable bonds is 4. The topological polar surface area (TPSA) is 66.9 Å². The van der Waals surface area contributed by atoms with E-state index in [1.165, 1.54) is 0 Å². The largest absolute Gasteiger partial charge is 0.323 e. The van der Waals surface area contributed by atoms with Crippen LogP contribution in [-0.2, 0) is 0 Å². The van der Waals surface area contributed by atoms with E-state index in [1.807, 2.05) is 57.2 Å². The number of nitrogens with one attached hydrogen (secondary N) is 2. The molecule has 6 heteroatoms. The summed E-state index contributed by atoms with van der Waals surface area (Å²) in [6.07, 6.45) is 0. The van der Waals surface area contributed by atoms with Crippen LogP contribution in [0.15, 0.2) is 48.5 Å². The summed E-state index contributed by atoms with van der Waals surface area (Å²) < 4.78 is 0. The third-order valence-corrected chi connectivity index (χ3v) is 4.24. The van der Waals surface area contributed by atoms with Gasteiger partial charge in [0.2, 0.25) is 5.95 Å². The number of carbonyl (C=O) groups is 1. The number of hydrogen-bond acceptors (Lipinski definition) is 4. The van der Waals surface area contributed by atoms with Crippen molar-refractivity contribution in [2.24, 2.45) is 0 Å². The molecule has 0 fully saturated rings. The van der Waals surface area contributed by atoms with Gasteiger partial charge < -0.3 is 10.6 Å². The van der Waals surface area contributed by atoms with E-state index in [0.29, 0.717) is 27.9 Å². The van der Waals surface area contributed by atoms with Gasteiger partial charge >= 0.3 is 0 Å². The summed E-state index contributed by atoms with van der Waals surface area (Å²) in [6.45, 7) is 5.72. The predicted octanol–water partition coefficient (Wildman–Crippen LogP) is 5.05. The predicted molar refractivity (Wildman–Crippen MR) is 105 cm³/mol. The van der Waals surface area contributed by atoms with E-state index in [1.54, 1.807) is 12.1 Å². The van der Waals surface area contributed by atoms with E-state index >= 15 is 0 Å². The fourth-order valence-corrected chi connectivity index (χ4v) is 2.74. The Hall–Kier alpha value is -2.92. The van der Waals surface area contributed by atoms with Crippen molar-refractivity contribution in [3.63, 3.8) is 0 Å². The molecule has 0 unspecified atom stereocenters. The summed E-state index contributed by atoms with van der Waals surface area (Å²) in [5.41, 5.74) is 4.44. The number of hydrogen-bond donors (Lipinski definition) is 2. The lowest BCUT2D eigenvalue weighted by Crippen LogP contribution is -2.14. The Morgan fingerprint density at radius 1 is 0.962 bits per heavy atom. The zero-order chi connectivity index (χ0) is 18.7. The fourth-order valence-electron chi connectivity index (χ4n) is 2.56. The van der Waals surface area contributed by atoms with Gasteiger partial charge in [0, 0.05) is 22.1 Å². The minimum Gasteiger partial charge on any atom is -0.323 e. The van der Waals surface area contributed by atoms with Crippen molar-refractivity contribution in [2.75, 3.05) is 10.6 Å². The summed E-state index contributed by atoms with van der Waals surface area (Å²) in [7, 11) is 0. The van der Waals surface area contributed by atoms with Crippen molar-refractivity contribution in [3.05, 3.63) is 76.1 Å². The average Bonchev–Trinajstić information content (AvgIpc) is 2.57. The maximum Gasteiger partial charge on any atom is 0.257 e. The van der Waals surface area contributed by atoms with Crippen LogP contribution in [0.3, 0.4) is 0 Å². The molecular weight excluding hydrogens is 348 g/mol. The van der Waals surface area contributed by atoms with Crippen LogP contribution in [0.4, 0.5) is 17.3 Å². The standard InChI is InChI=1S/C20H19ClN4O/c1-12-8-9-15(11-17(12)21)24-19(26)16-6-4-5-7-18(16)25-20-22-13(2)10-14(3)23-20/h4-11H,1-3H3,(H,24,26)(H,22,23,25). The Balaban J connectivity index is 1.86. The molecule has 3 rings (SSSR count). The number of anilines is 3. The zero-order valence-electron chi connectivity index (χ0n) is 14.8. The molecule has 1 amide bonds. The highest BCUT2D eigenvalue weighted by Gasteiger charge is 2.13. The van der Waals surface area contributed by atoms with Gasteiger partial charge in [-0.2, -0.15) is 0 Å². The second kappa shape index (κ2) is 7.54. The molecule has 1 heterocycles. The summed E-state index contributed by atoms with van der Waals surface area (Å²) in [6, 6.07) is 14.5. The van der Waals surface area contributed by atoms with E-state index < -0.39 is 0 Å².